The van der Waals surface area contributed by atoms with E-state index in [1.54, 1.807) is 13.0 Å². The molecule has 0 saturated heterocycles. The summed E-state index contributed by atoms with van der Waals surface area (Å²) in [7, 11) is 4.94. The Morgan fingerprint density at radius 3 is 2.52 bits per heavy atom. The number of ether oxygens (including phenoxy) is 1. The van der Waals surface area contributed by atoms with Gasteiger partial charge in [0.05, 0.1) is 28.8 Å². The van der Waals surface area contributed by atoms with Crippen LogP contribution in [0.15, 0.2) is 29.6 Å². The van der Waals surface area contributed by atoms with E-state index in [1.165, 1.54) is 16.0 Å². The van der Waals surface area contributed by atoms with Gasteiger partial charge in [0, 0.05) is 68.3 Å². The molecule has 0 aliphatic carbocycles. The Morgan fingerprint density at radius 1 is 1.19 bits per heavy atom. The number of hydrogen-bond acceptors (Lipinski definition) is 6. The predicted octanol–water partition coefficient (Wildman–Crippen LogP) is 5.91. The maximum atomic E-state index is 11.7. The number of methoxy groups -OCH3 is 1. The van der Waals surface area contributed by atoms with Gasteiger partial charge in [-0.2, -0.15) is 5.10 Å². The first-order chi connectivity index (χ1) is 14.8. The second kappa shape index (κ2) is 8.15. The zero-order chi connectivity index (χ0) is 22.4. The van der Waals surface area contributed by atoms with Crippen molar-refractivity contribution in [3.63, 3.8) is 0 Å². The molecule has 8 nitrogen and oxygen atoms in total. The molecule has 3 heterocycles. The molecule has 0 saturated carbocycles. The molecule has 1 N–H and O–H groups in total. The van der Waals surface area contributed by atoms with E-state index in [-0.39, 0.29) is 10.6 Å². The molecule has 10 heteroatoms. The normalized spacial score (nSPS) is 11.3. The molecule has 3 aromatic heterocycles. The number of hydrogen-bond donors (Lipinski definition) is 1. The van der Waals surface area contributed by atoms with Crippen LogP contribution in [0.25, 0.3) is 33.3 Å². The van der Waals surface area contributed by atoms with Crippen LogP contribution < -0.4 is 4.74 Å². The number of pyridine rings is 1. The van der Waals surface area contributed by atoms with E-state index in [2.05, 4.69) is 36.3 Å². The number of nitro benzene ring substituents is 1. The van der Waals surface area contributed by atoms with Gasteiger partial charge in [-0.15, -0.1) is 0 Å². The van der Waals surface area contributed by atoms with Crippen molar-refractivity contribution in [1.82, 2.24) is 19.7 Å². The average Bonchev–Trinajstić information content (AvgIpc) is 3.29. The Labute approximate surface area is 195 Å². The number of aromatic nitrogens is 4. The molecular formula is C21H20IN5O3S. The SMILES string of the molecule is COc1cc(-c2c(SI)[nH]c3ncc(-c4cnn(C)c4C)c(C)c23)cc([N+](=O)[O-])c1C. The molecule has 0 radical (unpaired) electrons. The van der Waals surface area contributed by atoms with Gasteiger partial charge in [0.2, 0.25) is 0 Å². The van der Waals surface area contributed by atoms with Crippen LogP contribution in [0.1, 0.15) is 16.8 Å². The Balaban J connectivity index is 2.07. The fraction of sp³-hybridized carbons (Fsp3) is 0.238. The third-order valence-corrected chi connectivity index (χ3v) is 7.47. The van der Waals surface area contributed by atoms with Crippen molar-refractivity contribution in [2.24, 2.45) is 7.05 Å². The summed E-state index contributed by atoms with van der Waals surface area (Å²) in [5.74, 6) is 0.479. The second-order valence-electron chi connectivity index (χ2n) is 7.27. The zero-order valence-electron chi connectivity index (χ0n) is 17.6. The van der Waals surface area contributed by atoms with Gasteiger partial charge in [0.15, 0.2) is 0 Å². The van der Waals surface area contributed by atoms with Gasteiger partial charge in [0.1, 0.15) is 11.4 Å². The van der Waals surface area contributed by atoms with E-state index in [4.69, 9.17) is 4.74 Å². The molecule has 31 heavy (non-hydrogen) atoms. The highest BCUT2D eigenvalue weighted by Crippen LogP contribution is 2.45. The number of rotatable bonds is 5. The molecule has 4 aromatic rings. The summed E-state index contributed by atoms with van der Waals surface area (Å²) in [5.41, 5.74) is 6.92. The topological polar surface area (TPSA) is 98.9 Å². The van der Waals surface area contributed by atoms with Crippen LogP contribution in [0.2, 0.25) is 0 Å². The van der Waals surface area contributed by atoms with Crippen LogP contribution in [-0.4, -0.2) is 31.8 Å². The summed E-state index contributed by atoms with van der Waals surface area (Å²) in [4.78, 5) is 19.3. The monoisotopic (exact) mass is 549 g/mol. The Kier molecular flexibility index (Phi) is 5.69. The molecule has 0 fully saturated rings. The lowest BCUT2D eigenvalue weighted by atomic mass is 9.96. The molecule has 0 amide bonds. The average molecular weight is 549 g/mol. The van der Waals surface area contributed by atoms with E-state index >= 15 is 0 Å². The summed E-state index contributed by atoms with van der Waals surface area (Å²) < 4.78 is 7.28. The molecule has 0 bridgehead atoms. The highest BCUT2D eigenvalue weighted by atomic mass is 127. The first kappa shape index (κ1) is 21.6. The standard InChI is InChI=1S/C21H20IN5O3S/c1-10-14(15-9-24-26(4)12(15)3)8-23-20-18(10)19(21(25-20)31-22)13-6-16(27(28)29)11(2)17(7-13)30-5/h6-9H,1-5H3,(H,23,25). The van der Waals surface area contributed by atoms with E-state index in [1.807, 2.05) is 44.0 Å². The van der Waals surface area contributed by atoms with E-state index in [9.17, 15) is 10.1 Å². The number of nitrogens with one attached hydrogen (secondary N) is 1. The lowest BCUT2D eigenvalue weighted by molar-refractivity contribution is -0.385. The molecule has 0 aliphatic rings. The van der Waals surface area contributed by atoms with Crippen LogP contribution in [-0.2, 0) is 7.05 Å². The minimum Gasteiger partial charge on any atom is -0.496 e. The number of fused-ring (bicyclic) bond motifs is 1. The third-order valence-electron chi connectivity index (χ3n) is 5.69. The maximum Gasteiger partial charge on any atom is 0.276 e. The minimum atomic E-state index is -0.372. The van der Waals surface area contributed by atoms with Crippen LogP contribution in [0.5, 0.6) is 5.75 Å². The molecule has 0 unspecified atom stereocenters. The number of nitro groups is 1. The molecular weight excluding hydrogens is 529 g/mol. The van der Waals surface area contributed by atoms with E-state index < -0.39 is 0 Å². The largest absolute Gasteiger partial charge is 0.496 e. The fourth-order valence-electron chi connectivity index (χ4n) is 3.87. The number of aryl methyl sites for hydroxylation is 2. The van der Waals surface area contributed by atoms with Crippen molar-refractivity contribution in [2.75, 3.05) is 7.11 Å². The highest BCUT2D eigenvalue weighted by molar-refractivity contribution is 14.2. The third kappa shape index (κ3) is 3.47. The lowest BCUT2D eigenvalue weighted by Crippen LogP contribution is -1.97. The second-order valence-corrected chi connectivity index (χ2v) is 9.16. The predicted molar refractivity (Wildman–Crippen MR) is 131 cm³/mol. The Bertz CT molecular complexity index is 1350. The van der Waals surface area contributed by atoms with E-state index in [0.717, 1.165) is 44.0 Å². The molecule has 0 atom stereocenters. The first-order valence-electron chi connectivity index (χ1n) is 9.40. The molecule has 1 aromatic carbocycles. The van der Waals surface area contributed by atoms with Crippen molar-refractivity contribution < 1.29 is 9.66 Å². The van der Waals surface area contributed by atoms with Crippen molar-refractivity contribution >= 4 is 46.9 Å². The quantitative estimate of drug-likeness (QED) is 0.189. The summed E-state index contributed by atoms with van der Waals surface area (Å²) in [6.07, 6.45) is 3.69. The number of benzene rings is 1. The minimum absolute atomic E-state index is 0.0259. The van der Waals surface area contributed by atoms with Crippen molar-refractivity contribution in [3.05, 3.63) is 51.5 Å². The van der Waals surface area contributed by atoms with Gasteiger partial charge in [-0.25, -0.2) is 4.98 Å². The molecule has 160 valence electrons. The lowest BCUT2D eigenvalue weighted by Gasteiger charge is -2.11. The zero-order valence-corrected chi connectivity index (χ0v) is 20.6. The van der Waals surface area contributed by atoms with Gasteiger partial charge < -0.3 is 9.72 Å². The maximum absolute atomic E-state index is 11.7. The summed E-state index contributed by atoms with van der Waals surface area (Å²) in [5, 5.41) is 17.9. The Hall–Kier alpha value is -2.60. The van der Waals surface area contributed by atoms with Crippen LogP contribution in [0.4, 0.5) is 5.69 Å². The van der Waals surface area contributed by atoms with Crippen molar-refractivity contribution in [3.8, 4) is 28.0 Å². The first-order valence-corrected chi connectivity index (χ1v) is 12.8. The van der Waals surface area contributed by atoms with E-state index in [0.29, 0.717) is 16.9 Å². The molecule has 0 aliphatic heterocycles. The van der Waals surface area contributed by atoms with Crippen molar-refractivity contribution in [1.29, 1.82) is 0 Å². The van der Waals surface area contributed by atoms with Crippen molar-refractivity contribution in [2.45, 2.75) is 25.8 Å². The van der Waals surface area contributed by atoms with Gasteiger partial charge >= 0.3 is 0 Å². The molecule has 0 spiro atoms. The number of nitrogens with zero attached hydrogens (tertiary/aromatic N) is 4. The van der Waals surface area contributed by atoms with Gasteiger partial charge in [-0.1, -0.05) is 0 Å². The summed E-state index contributed by atoms with van der Waals surface area (Å²) >= 11 is 2.21. The molecule has 4 rings (SSSR count). The Morgan fingerprint density at radius 2 is 1.94 bits per heavy atom. The fourth-order valence-corrected chi connectivity index (χ4v) is 5.30. The van der Waals surface area contributed by atoms with Crippen LogP contribution in [0.3, 0.4) is 0 Å². The van der Waals surface area contributed by atoms with Crippen LogP contribution >= 0.6 is 30.1 Å². The van der Waals surface area contributed by atoms with Gasteiger partial charge in [-0.05, 0) is 46.9 Å². The van der Waals surface area contributed by atoms with Gasteiger partial charge in [-0.3, -0.25) is 14.8 Å². The summed E-state index contributed by atoms with van der Waals surface area (Å²) in [6.45, 7) is 5.76. The number of aromatic amines is 1. The smallest absolute Gasteiger partial charge is 0.276 e. The van der Waals surface area contributed by atoms with Gasteiger partial charge in [0.25, 0.3) is 5.69 Å². The number of halogens is 1. The van der Waals surface area contributed by atoms with Crippen LogP contribution in [0, 0.1) is 30.9 Å². The highest BCUT2D eigenvalue weighted by Gasteiger charge is 2.24. The number of H-pyrrole nitrogens is 1. The summed E-state index contributed by atoms with van der Waals surface area (Å²) in [6, 6.07) is 3.46.